The van der Waals surface area contributed by atoms with Crippen molar-refractivity contribution in [3.05, 3.63) is 76.1 Å². The number of hydrogen-bond donors (Lipinski definition) is 0. The Balaban J connectivity index is 2.08. The van der Waals surface area contributed by atoms with E-state index < -0.39 is 0 Å². The fraction of sp³-hybridized carbons (Fsp3) is 0.0625. The normalized spacial score (nSPS) is 11.3. The van der Waals surface area contributed by atoms with E-state index in [0.717, 1.165) is 0 Å². The minimum absolute atomic E-state index is 0.225. The number of nitrogens with zero attached hydrogens (tertiary/aromatic N) is 3. The SMILES string of the molecule is Cc1nc2ccccc2c(=O)n1/N=C/c1ccc(F)cc1. The predicted molar refractivity (Wildman–Crippen MR) is 80.1 cm³/mol. The van der Waals surface area contributed by atoms with Crippen LogP contribution in [-0.4, -0.2) is 15.9 Å². The van der Waals surface area contributed by atoms with Gasteiger partial charge in [0, 0.05) is 0 Å². The second kappa shape index (κ2) is 5.28. The zero-order valence-corrected chi connectivity index (χ0v) is 11.3. The molecule has 0 atom stereocenters. The van der Waals surface area contributed by atoms with Gasteiger partial charge in [-0.3, -0.25) is 4.79 Å². The van der Waals surface area contributed by atoms with Crippen molar-refractivity contribution in [1.82, 2.24) is 9.66 Å². The van der Waals surface area contributed by atoms with E-state index in [1.807, 2.05) is 6.07 Å². The van der Waals surface area contributed by atoms with E-state index in [2.05, 4.69) is 10.1 Å². The summed E-state index contributed by atoms with van der Waals surface area (Å²) in [7, 11) is 0. The summed E-state index contributed by atoms with van der Waals surface area (Å²) in [5, 5.41) is 4.66. The molecule has 104 valence electrons. The molecular weight excluding hydrogens is 269 g/mol. The first-order valence-electron chi connectivity index (χ1n) is 6.43. The first-order valence-corrected chi connectivity index (χ1v) is 6.43. The number of hydrogen-bond acceptors (Lipinski definition) is 3. The molecule has 5 heteroatoms. The predicted octanol–water partition coefficient (Wildman–Crippen LogP) is 2.73. The van der Waals surface area contributed by atoms with Crippen LogP contribution in [0, 0.1) is 12.7 Å². The molecule has 0 aliphatic heterocycles. The van der Waals surface area contributed by atoms with Crippen LogP contribution in [0.4, 0.5) is 4.39 Å². The summed E-state index contributed by atoms with van der Waals surface area (Å²) in [6, 6.07) is 13.0. The highest BCUT2D eigenvalue weighted by molar-refractivity contribution is 5.80. The molecule has 3 rings (SSSR count). The molecule has 3 aromatic rings. The Labute approximate surface area is 120 Å². The maximum atomic E-state index is 12.8. The highest BCUT2D eigenvalue weighted by atomic mass is 19.1. The van der Waals surface area contributed by atoms with Crippen molar-refractivity contribution in [1.29, 1.82) is 0 Å². The lowest BCUT2D eigenvalue weighted by Gasteiger charge is -2.04. The van der Waals surface area contributed by atoms with Gasteiger partial charge in [0.15, 0.2) is 0 Å². The maximum absolute atomic E-state index is 12.8. The van der Waals surface area contributed by atoms with Crippen molar-refractivity contribution >= 4 is 17.1 Å². The third-order valence-corrected chi connectivity index (χ3v) is 3.11. The van der Waals surface area contributed by atoms with E-state index in [1.165, 1.54) is 23.0 Å². The fourth-order valence-corrected chi connectivity index (χ4v) is 2.04. The molecular formula is C16H12FN3O. The van der Waals surface area contributed by atoms with E-state index in [9.17, 15) is 9.18 Å². The molecule has 0 fully saturated rings. The summed E-state index contributed by atoms with van der Waals surface area (Å²) in [5.41, 5.74) is 1.13. The molecule has 21 heavy (non-hydrogen) atoms. The van der Waals surface area contributed by atoms with Crippen molar-refractivity contribution < 1.29 is 4.39 Å². The van der Waals surface area contributed by atoms with Crippen LogP contribution >= 0.6 is 0 Å². The average molecular weight is 281 g/mol. The Bertz CT molecular complexity index is 882. The van der Waals surface area contributed by atoms with E-state index in [1.54, 1.807) is 37.3 Å². The molecule has 0 saturated heterocycles. The molecule has 0 saturated carbocycles. The average Bonchev–Trinajstić information content (AvgIpc) is 2.49. The van der Waals surface area contributed by atoms with Gasteiger partial charge in [0.25, 0.3) is 5.56 Å². The van der Waals surface area contributed by atoms with Gasteiger partial charge >= 0.3 is 0 Å². The summed E-state index contributed by atoms with van der Waals surface area (Å²) in [6.45, 7) is 1.72. The number of fused-ring (bicyclic) bond motifs is 1. The number of aryl methyl sites for hydroxylation is 1. The highest BCUT2D eigenvalue weighted by Gasteiger charge is 2.06. The summed E-state index contributed by atoms with van der Waals surface area (Å²) in [5.74, 6) is 0.185. The van der Waals surface area contributed by atoms with Crippen molar-refractivity contribution in [2.45, 2.75) is 6.92 Å². The Hall–Kier alpha value is -2.82. The lowest BCUT2D eigenvalue weighted by atomic mass is 10.2. The third-order valence-electron chi connectivity index (χ3n) is 3.11. The standard InChI is InChI=1S/C16H12FN3O/c1-11-19-15-5-3-2-4-14(15)16(21)20(11)18-10-12-6-8-13(17)9-7-12/h2-10H,1H3/b18-10+. The maximum Gasteiger partial charge on any atom is 0.282 e. The monoisotopic (exact) mass is 281 g/mol. The van der Waals surface area contributed by atoms with Crippen LogP contribution in [0.25, 0.3) is 10.9 Å². The van der Waals surface area contributed by atoms with Crippen LogP contribution < -0.4 is 5.56 Å². The Morgan fingerprint density at radius 2 is 1.86 bits per heavy atom. The van der Waals surface area contributed by atoms with Gasteiger partial charge in [-0.15, -0.1) is 0 Å². The zero-order valence-electron chi connectivity index (χ0n) is 11.3. The van der Waals surface area contributed by atoms with Crippen LogP contribution in [0.1, 0.15) is 11.4 Å². The molecule has 0 aliphatic carbocycles. The smallest absolute Gasteiger partial charge is 0.267 e. The molecule has 1 aromatic heterocycles. The second-order valence-corrected chi connectivity index (χ2v) is 4.59. The topological polar surface area (TPSA) is 47.2 Å². The van der Waals surface area contributed by atoms with Crippen molar-refractivity contribution in [2.24, 2.45) is 5.10 Å². The molecule has 0 bridgehead atoms. The molecule has 0 amide bonds. The number of halogens is 1. The van der Waals surface area contributed by atoms with Crippen molar-refractivity contribution in [2.75, 3.05) is 0 Å². The summed E-state index contributed by atoms with van der Waals surface area (Å²) >= 11 is 0. The molecule has 0 unspecified atom stereocenters. The largest absolute Gasteiger partial charge is 0.282 e. The molecule has 0 radical (unpaired) electrons. The van der Waals surface area contributed by atoms with Gasteiger partial charge in [-0.2, -0.15) is 9.78 Å². The Morgan fingerprint density at radius 3 is 2.62 bits per heavy atom. The lowest BCUT2D eigenvalue weighted by Crippen LogP contribution is -2.20. The summed E-state index contributed by atoms with van der Waals surface area (Å²) in [4.78, 5) is 16.7. The van der Waals surface area contributed by atoms with Gasteiger partial charge in [0.05, 0.1) is 17.1 Å². The first kappa shape index (κ1) is 13.2. The highest BCUT2D eigenvalue weighted by Crippen LogP contribution is 2.07. The Kier molecular flexibility index (Phi) is 3.31. The molecule has 0 N–H and O–H groups in total. The lowest BCUT2D eigenvalue weighted by molar-refractivity contribution is 0.628. The summed E-state index contributed by atoms with van der Waals surface area (Å²) < 4.78 is 14.1. The molecule has 1 heterocycles. The Morgan fingerprint density at radius 1 is 1.14 bits per heavy atom. The van der Waals surface area contributed by atoms with Crippen molar-refractivity contribution in [3.8, 4) is 0 Å². The first-order chi connectivity index (χ1) is 10.1. The molecule has 0 aliphatic rings. The van der Waals surface area contributed by atoms with E-state index >= 15 is 0 Å². The van der Waals surface area contributed by atoms with E-state index in [0.29, 0.717) is 22.3 Å². The quantitative estimate of drug-likeness (QED) is 0.678. The molecule has 2 aromatic carbocycles. The van der Waals surface area contributed by atoms with Crippen molar-refractivity contribution in [3.63, 3.8) is 0 Å². The van der Waals surface area contributed by atoms with E-state index in [4.69, 9.17) is 0 Å². The molecule has 0 spiro atoms. The third kappa shape index (κ3) is 2.58. The zero-order chi connectivity index (χ0) is 14.8. The van der Waals surface area contributed by atoms with Gasteiger partial charge in [0.1, 0.15) is 11.6 Å². The van der Waals surface area contributed by atoms with Crippen LogP contribution in [0.5, 0.6) is 0 Å². The van der Waals surface area contributed by atoms with Crippen LogP contribution in [0.2, 0.25) is 0 Å². The fourth-order valence-electron chi connectivity index (χ4n) is 2.04. The van der Waals surface area contributed by atoms with Crippen LogP contribution in [0.3, 0.4) is 0 Å². The van der Waals surface area contributed by atoms with Gasteiger partial charge in [-0.1, -0.05) is 24.3 Å². The number of aromatic nitrogens is 2. The summed E-state index contributed by atoms with van der Waals surface area (Å²) in [6.07, 6.45) is 1.50. The van der Waals surface area contributed by atoms with Gasteiger partial charge < -0.3 is 0 Å². The number of rotatable bonds is 2. The van der Waals surface area contributed by atoms with E-state index in [-0.39, 0.29) is 11.4 Å². The minimum atomic E-state index is -0.312. The van der Waals surface area contributed by atoms with Crippen LogP contribution in [-0.2, 0) is 0 Å². The van der Waals surface area contributed by atoms with Gasteiger partial charge in [-0.25, -0.2) is 9.37 Å². The number of para-hydroxylation sites is 1. The second-order valence-electron chi connectivity index (χ2n) is 4.59. The van der Waals surface area contributed by atoms with Gasteiger partial charge in [-0.05, 0) is 36.8 Å². The molecule has 4 nitrogen and oxygen atoms in total. The van der Waals surface area contributed by atoms with Gasteiger partial charge in [0.2, 0.25) is 0 Å². The number of benzene rings is 2. The minimum Gasteiger partial charge on any atom is -0.267 e. The van der Waals surface area contributed by atoms with Crippen LogP contribution in [0.15, 0.2) is 58.4 Å².